The molecule has 3 rings (SSSR count). The van der Waals surface area contributed by atoms with Crippen LogP contribution in [-0.2, 0) is 35.4 Å². The Morgan fingerprint density at radius 3 is 2.62 bits per heavy atom. The van der Waals surface area contributed by atoms with Crippen molar-refractivity contribution >= 4 is 63.2 Å². The van der Waals surface area contributed by atoms with Crippen molar-refractivity contribution in [2.75, 3.05) is 11.2 Å². The van der Waals surface area contributed by atoms with Crippen LogP contribution in [0.25, 0.3) is 0 Å². The zero-order valence-electron chi connectivity index (χ0n) is 21.0. The van der Waals surface area contributed by atoms with E-state index in [1.54, 1.807) is 0 Å². The van der Waals surface area contributed by atoms with Crippen LogP contribution in [0.15, 0.2) is 34.8 Å². The van der Waals surface area contributed by atoms with E-state index in [1.807, 2.05) is 6.07 Å². The second-order valence-electron chi connectivity index (χ2n) is 8.69. The van der Waals surface area contributed by atoms with E-state index >= 15 is 0 Å². The number of hydrogen-bond donors (Lipinski definition) is 3. The minimum atomic E-state index is -1.71. The molecule has 17 heteroatoms. The van der Waals surface area contributed by atoms with Gasteiger partial charge in [0, 0.05) is 17.5 Å². The van der Waals surface area contributed by atoms with Crippen LogP contribution >= 0.6 is 22.9 Å². The molecule has 0 spiro atoms. The molecule has 3 N–H and O–H groups in total. The van der Waals surface area contributed by atoms with Gasteiger partial charge in [0.1, 0.15) is 24.2 Å². The highest BCUT2D eigenvalue weighted by atomic mass is 35.5. The number of nitriles is 1. The van der Waals surface area contributed by atoms with E-state index in [1.165, 1.54) is 43.5 Å². The second-order valence-corrected chi connectivity index (χ2v) is 9.81. The number of carbonyl (C=O) groups is 4. The van der Waals surface area contributed by atoms with Crippen molar-refractivity contribution in [3.8, 4) is 6.07 Å². The molecule has 2 atom stereocenters. The Hall–Kier alpha value is -4.62. The average Bonchev–Trinajstić information content (AvgIpc) is 3.38. The number of benzene rings is 1. The predicted molar refractivity (Wildman–Crippen MR) is 140 cm³/mol. The van der Waals surface area contributed by atoms with Gasteiger partial charge in [-0.2, -0.15) is 5.26 Å². The summed E-state index contributed by atoms with van der Waals surface area (Å²) >= 11 is 6.45. The van der Waals surface area contributed by atoms with Gasteiger partial charge in [-0.05, 0) is 31.5 Å². The van der Waals surface area contributed by atoms with Crippen LogP contribution in [0.3, 0.4) is 0 Å². The second kappa shape index (κ2) is 13.0. The fraction of sp³-hybridized carbons (Fsp3) is 0.348. The van der Waals surface area contributed by atoms with E-state index in [-0.39, 0.29) is 35.4 Å². The summed E-state index contributed by atoms with van der Waals surface area (Å²) in [6.45, 7) is 2.45. The van der Waals surface area contributed by atoms with Crippen molar-refractivity contribution in [2.45, 2.75) is 44.6 Å². The van der Waals surface area contributed by atoms with E-state index in [0.29, 0.717) is 5.56 Å². The SMILES string of the molecule is CC(C)(O/N=C(\C(=O)NC1C(=O)NC1CC#N)c1csc(NC(=O)CCl)n1)C(=O)OCc1ccc([N+](=O)[O-])cc1. The van der Waals surface area contributed by atoms with Gasteiger partial charge in [0.05, 0.1) is 23.5 Å². The number of non-ortho nitro benzene ring substituents is 1. The van der Waals surface area contributed by atoms with Crippen molar-refractivity contribution in [3.05, 3.63) is 51.0 Å². The molecule has 0 bridgehead atoms. The number of thiazole rings is 1. The Kier molecular flexibility index (Phi) is 9.69. The number of alkyl halides is 1. The lowest BCUT2D eigenvalue weighted by atomic mass is 9.96. The van der Waals surface area contributed by atoms with Gasteiger partial charge in [-0.1, -0.05) is 5.16 Å². The highest BCUT2D eigenvalue weighted by Gasteiger charge is 2.41. The summed E-state index contributed by atoms with van der Waals surface area (Å²) in [6.07, 6.45) is -0.0431. The number of nitrogens with one attached hydrogen (secondary N) is 3. The van der Waals surface area contributed by atoms with Crippen molar-refractivity contribution < 1.29 is 33.7 Å². The molecular weight excluding hydrogens is 570 g/mol. The molecule has 1 aromatic heterocycles. The summed E-state index contributed by atoms with van der Waals surface area (Å²) in [4.78, 5) is 69.1. The number of halogens is 1. The maximum absolute atomic E-state index is 13.1. The lowest BCUT2D eigenvalue weighted by Gasteiger charge is -2.35. The average molecular weight is 592 g/mol. The van der Waals surface area contributed by atoms with E-state index in [0.717, 1.165) is 11.3 Å². The molecule has 2 unspecified atom stereocenters. The number of β-lactam (4-membered cyclic amide) rings is 1. The predicted octanol–water partition coefficient (Wildman–Crippen LogP) is 1.37. The van der Waals surface area contributed by atoms with Gasteiger partial charge in [-0.25, -0.2) is 9.78 Å². The Morgan fingerprint density at radius 1 is 1.32 bits per heavy atom. The molecule has 2 aromatic rings. The standard InChI is InChI=1S/C23H22ClN7O8S/c1-23(2,21(35)38-10-12-3-5-13(6-4-12)31(36)37)39-30-18(15-11-40-22(27-15)28-16(32)9-24)20(34)29-17-14(7-8-25)26-19(17)33/h3-6,11,14,17H,7,9-10H2,1-2H3,(H,26,33)(H,29,34)(H,27,28,32)/b30-18-. The zero-order chi connectivity index (χ0) is 29.4. The molecule has 1 saturated heterocycles. The first-order valence-electron chi connectivity index (χ1n) is 11.4. The van der Waals surface area contributed by atoms with Crippen molar-refractivity contribution in [1.82, 2.24) is 15.6 Å². The molecule has 0 radical (unpaired) electrons. The van der Waals surface area contributed by atoms with Gasteiger partial charge >= 0.3 is 5.97 Å². The summed E-state index contributed by atoms with van der Waals surface area (Å²) in [5.41, 5.74) is -1.81. The molecule has 1 aliphatic heterocycles. The number of anilines is 1. The lowest BCUT2D eigenvalue weighted by Crippen LogP contribution is -2.69. The largest absolute Gasteiger partial charge is 0.458 e. The summed E-state index contributed by atoms with van der Waals surface area (Å²) in [5, 5.41) is 32.4. The smallest absolute Gasteiger partial charge is 0.353 e. The first-order valence-corrected chi connectivity index (χ1v) is 12.8. The lowest BCUT2D eigenvalue weighted by molar-refractivity contribution is -0.384. The van der Waals surface area contributed by atoms with E-state index in [9.17, 15) is 29.3 Å². The van der Waals surface area contributed by atoms with Gasteiger partial charge in [0.2, 0.25) is 17.4 Å². The van der Waals surface area contributed by atoms with Crippen LogP contribution in [0.4, 0.5) is 10.8 Å². The Balaban J connectivity index is 1.76. The summed E-state index contributed by atoms with van der Waals surface area (Å²) in [5.74, 6) is -3.12. The number of aromatic nitrogens is 1. The molecule has 1 aliphatic rings. The highest BCUT2D eigenvalue weighted by molar-refractivity contribution is 7.14. The molecule has 15 nitrogen and oxygen atoms in total. The fourth-order valence-corrected chi connectivity index (χ4v) is 3.89. The molecular formula is C23H22ClN7O8S. The van der Waals surface area contributed by atoms with Gasteiger partial charge < -0.3 is 25.5 Å². The third-order valence-corrected chi connectivity index (χ3v) is 6.31. The van der Waals surface area contributed by atoms with Gasteiger partial charge in [0.15, 0.2) is 10.8 Å². The normalized spacial score (nSPS) is 16.6. The van der Waals surface area contributed by atoms with Crippen molar-refractivity contribution in [2.24, 2.45) is 5.16 Å². The Bertz CT molecular complexity index is 1390. The number of hydrogen-bond acceptors (Lipinski definition) is 12. The number of amides is 3. The maximum Gasteiger partial charge on any atom is 0.353 e. The quantitative estimate of drug-likeness (QED) is 0.0804. The van der Waals surface area contributed by atoms with Gasteiger partial charge in [-0.15, -0.1) is 22.9 Å². The minimum Gasteiger partial charge on any atom is -0.458 e. The Morgan fingerprint density at radius 2 is 2.02 bits per heavy atom. The molecule has 2 heterocycles. The van der Waals surface area contributed by atoms with E-state index in [2.05, 4.69) is 26.1 Å². The summed E-state index contributed by atoms with van der Waals surface area (Å²) in [7, 11) is 0. The molecule has 40 heavy (non-hydrogen) atoms. The van der Waals surface area contributed by atoms with E-state index < -0.39 is 52.0 Å². The van der Waals surface area contributed by atoms with Crippen molar-refractivity contribution in [1.29, 1.82) is 5.26 Å². The van der Waals surface area contributed by atoms with Crippen LogP contribution < -0.4 is 16.0 Å². The van der Waals surface area contributed by atoms with Gasteiger partial charge in [-0.3, -0.25) is 24.5 Å². The number of ether oxygens (including phenoxy) is 1. The first-order chi connectivity index (χ1) is 18.9. The maximum atomic E-state index is 13.1. The summed E-state index contributed by atoms with van der Waals surface area (Å²) < 4.78 is 5.24. The van der Waals surface area contributed by atoms with E-state index in [4.69, 9.17) is 26.4 Å². The fourth-order valence-electron chi connectivity index (χ4n) is 3.12. The van der Waals surface area contributed by atoms with Crippen LogP contribution in [-0.4, -0.2) is 62.9 Å². The number of carbonyl (C=O) groups excluding carboxylic acids is 4. The molecule has 1 aromatic carbocycles. The minimum absolute atomic E-state index is 0.0426. The first kappa shape index (κ1) is 29.9. The molecule has 0 saturated carbocycles. The molecule has 210 valence electrons. The topological polar surface area (TPSA) is 215 Å². The number of nitro groups is 1. The van der Waals surface area contributed by atoms with Crippen LogP contribution in [0.2, 0.25) is 0 Å². The number of rotatable bonds is 12. The number of nitro benzene ring substituents is 1. The molecule has 0 aliphatic carbocycles. The number of esters is 1. The number of oxime groups is 1. The van der Waals surface area contributed by atoms with Crippen molar-refractivity contribution in [3.63, 3.8) is 0 Å². The zero-order valence-corrected chi connectivity index (χ0v) is 22.6. The van der Waals surface area contributed by atoms with Crippen LogP contribution in [0, 0.1) is 21.4 Å². The van der Waals surface area contributed by atoms with Gasteiger partial charge in [0.25, 0.3) is 11.6 Å². The monoisotopic (exact) mass is 591 g/mol. The summed E-state index contributed by atoms with van der Waals surface area (Å²) in [6, 6.07) is 5.68. The van der Waals surface area contributed by atoms with Crippen LogP contribution in [0.1, 0.15) is 31.5 Å². The number of nitrogens with zero attached hydrogens (tertiary/aromatic N) is 4. The van der Waals surface area contributed by atoms with Crippen LogP contribution in [0.5, 0.6) is 0 Å². The molecule has 3 amide bonds. The molecule has 1 fully saturated rings. The third-order valence-electron chi connectivity index (χ3n) is 5.31. The highest BCUT2D eigenvalue weighted by Crippen LogP contribution is 2.20. The Labute approximate surface area is 235 Å². The third kappa shape index (κ3) is 7.48.